The van der Waals surface area contributed by atoms with Gasteiger partial charge in [-0.25, -0.2) is 0 Å². The number of hydrogen-bond donors (Lipinski definition) is 0. The normalized spacial score (nSPS) is 27.6. The highest BCUT2D eigenvalue weighted by atomic mass is 32.2. The number of thioether (sulfide) groups is 1. The predicted molar refractivity (Wildman–Crippen MR) is 55.1 cm³/mol. The summed E-state index contributed by atoms with van der Waals surface area (Å²) in [4.78, 5) is 4.53. The smallest absolute Gasteiger partial charge is 0.0949 e. The highest BCUT2D eigenvalue weighted by Gasteiger charge is 2.18. The van der Waals surface area contributed by atoms with Crippen molar-refractivity contribution in [2.75, 3.05) is 12.9 Å². The van der Waals surface area contributed by atoms with Crippen molar-refractivity contribution in [2.24, 2.45) is 4.99 Å². The Balaban J connectivity index is 2.43. The van der Waals surface area contributed by atoms with Gasteiger partial charge in [-0.3, -0.25) is 4.99 Å². The van der Waals surface area contributed by atoms with Crippen LogP contribution in [0.25, 0.3) is 0 Å². The number of ether oxygens (including phenoxy) is 1. The van der Waals surface area contributed by atoms with E-state index in [1.54, 1.807) is 11.8 Å². The van der Waals surface area contributed by atoms with Crippen molar-refractivity contribution in [3.8, 4) is 0 Å². The molecule has 0 spiro atoms. The zero-order valence-electron chi connectivity index (χ0n) is 8.04. The minimum atomic E-state index is 0.305. The van der Waals surface area contributed by atoms with Gasteiger partial charge < -0.3 is 4.74 Å². The molecule has 1 aliphatic heterocycles. The van der Waals surface area contributed by atoms with Gasteiger partial charge in [0.05, 0.1) is 11.5 Å². The monoisotopic (exact) mass is 187 g/mol. The third-order valence-corrected chi connectivity index (χ3v) is 2.91. The molecular weight excluding hydrogens is 170 g/mol. The summed E-state index contributed by atoms with van der Waals surface area (Å²) < 4.78 is 5.52. The summed E-state index contributed by atoms with van der Waals surface area (Å²) >= 11 is 1.77. The molecular formula is C9H17NOS. The summed E-state index contributed by atoms with van der Waals surface area (Å²) in [7, 11) is 0. The molecule has 2 unspecified atom stereocenters. The highest BCUT2D eigenvalue weighted by Crippen LogP contribution is 2.15. The number of aliphatic imine (C=N–C) groups is 1. The van der Waals surface area contributed by atoms with Gasteiger partial charge in [-0.1, -0.05) is 0 Å². The maximum absolute atomic E-state index is 5.52. The molecule has 0 aromatic rings. The van der Waals surface area contributed by atoms with Gasteiger partial charge in [0, 0.05) is 12.3 Å². The van der Waals surface area contributed by atoms with Gasteiger partial charge in [0.2, 0.25) is 0 Å². The predicted octanol–water partition coefficient (Wildman–Crippen LogP) is 2.34. The molecule has 12 heavy (non-hydrogen) atoms. The Labute approximate surface area is 78.8 Å². The van der Waals surface area contributed by atoms with Crippen molar-refractivity contribution in [1.82, 2.24) is 0 Å². The van der Waals surface area contributed by atoms with Crippen LogP contribution in [0.15, 0.2) is 4.99 Å². The van der Waals surface area contributed by atoms with E-state index in [2.05, 4.69) is 25.1 Å². The third-order valence-electron chi connectivity index (χ3n) is 2.12. The van der Waals surface area contributed by atoms with Crippen molar-refractivity contribution in [3.05, 3.63) is 0 Å². The number of hydrogen-bond acceptors (Lipinski definition) is 3. The van der Waals surface area contributed by atoms with Gasteiger partial charge in [-0.15, -0.1) is 11.8 Å². The molecule has 1 heterocycles. The Morgan fingerprint density at radius 2 is 2.42 bits per heavy atom. The topological polar surface area (TPSA) is 21.6 Å². The molecule has 0 amide bonds. The molecule has 0 N–H and O–H groups in total. The van der Waals surface area contributed by atoms with Crippen molar-refractivity contribution in [2.45, 2.75) is 38.2 Å². The van der Waals surface area contributed by atoms with Crippen LogP contribution >= 0.6 is 11.8 Å². The van der Waals surface area contributed by atoms with Crippen LogP contribution in [-0.4, -0.2) is 30.1 Å². The van der Waals surface area contributed by atoms with Crippen LogP contribution in [0.4, 0.5) is 0 Å². The molecule has 0 saturated carbocycles. The number of nitrogens with zero attached hydrogens (tertiary/aromatic N) is 1. The molecule has 0 aliphatic carbocycles. The zero-order valence-corrected chi connectivity index (χ0v) is 8.86. The lowest BCUT2D eigenvalue weighted by atomic mass is 10.2. The van der Waals surface area contributed by atoms with Crippen LogP contribution in [0.2, 0.25) is 0 Å². The fourth-order valence-corrected chi connectivity index (χ4v) is 1.60. The van der Waals surface area contributed by atoms with Crippen molar-refractivity contribution in [1.29, 1.82) is 0 Å². The Morgan fingerprint density at radius 3 is 2.92 bits per heavy atom. The van der Waals surface area contributed by atoms with E-state index in [4.69, 9.17) is 4.74 Å². The average molecular weight is 187 g/mol. The molecule has 1 rings (SSSR count). The minimum absolute atomic E-state index is 0.305. The molecule has 3 heteroatoms. The molecule has 0 aromatic carbocycles. The van der Waals surface area contributed by atoms with Crippen molar-refractivity contribution in [3.63, 3.8) is 0 Å². The zero-order chi connectivity index (χ0) is 8.97. The van der Waals surface area contributed by atoms with Gasteiger partial charge in [0.1, 0.15) is 0 Å². The lowest BCUT2D eigenvalue weighted by Gasteiger charge is -2.10. The lowest BCUT2D eigenvalue weighted by molar-refractivity contribution is 0.158. The van der Waals surface area contributed by atoms with Crippen LogP contribution in [0, 0.1) is 0 Å². The van der Waals surface area contributed by atoms with E-state index < -0.39 is 0 Å². The van der Waals surface area contributed by atoms with E-state index >= 15 is 0 Å². The molecule has 0 bridgehead atoms. The molecule has 0 aromatic heterocycles. The van der Waals surface area contributed by atoms with Crippen LogP contribution in [0.3, 0.4) is 0 Å². The summed E-state index contributed by atoms with van der Waals surface area (Å²) in [6.07, 6.45) is 4.72. The van der Waals surface area contributed by atoms with E-state index in [0.717, 1.165) is 18.7 Å². The van der Waals surface area contributed by atoms with Crippen molar-refractivity contribution >= 4 is 17.5 Å². The van der Waals surface area contributed by atoms with Crippen LogP contribution in [0.1, 0.15) is 26.7 Å². The van der Waals surface area contributed by atoms with Gasteiger partial charge in [0.15, 0.2) is 0 Å². The second-order valence-corrected chi connectivity index (χ2v) is 4.26. The summed E-state index contributed by atoms with van der Waals surface area (Å²) in [6, 6.07) is 0. The first kappa shape index (κ1) is 10.1. The summed E-state index contributed by atoms with van der Waals surface area (Å²) in [6.45, 7) is 5.09. The fourth-order valence-electron chi connectivity index (χ4n) is 1.33. The second-order valence-electron chi connectivity index (χ2n) is 3.11. The standard InChI is InChI=1S/C9H17NOS/c1-7(10-8(2)12-3)9-5-4-6-11-9/h8-9H,4-6H2,1-3H3. The first-order chi connectivity index (χ1) is 5.74. The molecule has 2 nitrogen and oxygen atoms in total. The minimum Gasteiger partial charge on any atom is -0.372 e. The Kier molecular flexibility index (Phi) is 4.09. The molecule has 2 atom stereocenters. The Bertz CT molecular complexity index is 164. The highest BCUT2D eigenvalue weighted by molar-refractivity contribution is 7.99. The molecule has 1 aliphatic rings. The maximum Gasteiger partial charge on any atom is 0.0949 e. The SMILES string of the molecule is CSC(C)N=C(C)C1CCCO1. The summed E-state index contributed by atoms with van der Waals surface area (Å²) in [5, 5.41) is 0.370. The van der Waals surface area contributed by atoms with E-state index in [-0.39, 0.29) is 0 Å². The van der Waals surface area contributed by atoms with E-state index in [1.165, 1.54) is 6.42 Å². The quantitative estimate of drug-likeness (QED) is 0.632. The van der Waals surface area contributed by atoms with E-state index in [0.29, 0.717) is 11.5 Å². The van der Waals surface area contributed by atoms with Crippen molar-refractivity contribution < 1.29 is 4.74 Å². The largest absolute Gasteiger partial charge is 0.372 e. The van der Waals surface area contributed by atoms with Crippen LogP contribution in [-0.2, 0) is 4.74 Å². The first-order valence-electron chi connectivity index (χ1n) is 4.42. The molecule has 0 radical (unpaired) electrons. The van der Waals surface area contributed by atoms with Gasteiger partial charge in [0.25, 0.3) is 0 Å². The van der Waals surface area contributed by atoms with Crippen LogP contribution in [0.5, 0.6) is 0 Å². The maximum atomic E-state index is 5.52. The lowest BCUT2D eigenvalue weighted by Crippen LogP contribution is -2.17. The van der Waals surface area contributed by atoms with E-state index in [1.807, 2.05) is 0 Å². The van der Waals surface area contributed by atoms with Gasteiger partial charge >= 0.3 is 0 Å². The van der Waals surface area contributed by atoms with Gasteiger partial charge in [-0.05, 0) is 32.9 Å². The Morgan fingerprint density at radius 1 is 1.67 bits per heavy atom. The first-order valence-corrected chi connectivity index (χ1v) is 5.71. The number of rotatable bonds is 3. The average Bonchev–Trinajstić information content (AvgIpc) is 2.56. The molecule has 70 valence electrons. The Hall–Kier alpha value is -0.0200. The molecule has 1 fully saturated rings. The fraction of sp³-hybridized carbons (Fsp3) is 0.889. The van der Waals surface area contributed by atoms with Gasteiger partial charge in [-0.2, -0.15) is 0 Å². The molecule has 1 saturated heterocycles. The summed E-state index contributed by atoms with van der Waals surface area (Å²) in [5.41, 5.74) is 1.16. The third kappa shape index (κ3) is 2.79. The summed E-state index contributed by atoms with van der Waals surface area (Å²) in [5.74, 6) is 0. The van der Waals surface area contributed by atoms with Crippen LogP contribution < -0.4 is 0 Å². The second kappa shape index (κ2) is 4.87. The van der Waals surface area contributed by atoms with E-state index in [9.17, 15) is 0 Å².